The van der Waals surface area contributed by atoms with Gasteiger partial charge >= 0.3 is 0 Å². The van der Waals surface area contributed by atoms with Gasteiger partial charge in [0.2, 0.25) is 0 Å². The lowest BCUT2D eigenvalue weighted by molar-refractivity contribution is 0.858. The first-order chi connectivity index (χ1) is 20.8. The zero-order valence-electron chi connectivity index (χ0n) is 23.4. The lowest BCUT2D eigenvalue weighted by Gasteiger charge is -2.22. The number of allylic oxidation sites excluding steroid dienone is 4. The van der Waals surface area contributed by atoms with Crippen LogP contribution < -0.4 is 0 Å². The van der Waals surface area contributed by atoms with Gasteiger partial charge in [0.15, 0.2) is 0 Å². The van der Waals surface area contributed by atoms with Crippen molar-refractivity contribution in [2.75, 3.05) is 0 Å². The van der Waals surface area contributed by atoms with Crippen molar-refractivity contribution in [3.63, 3.8) is 0 Å². The molecule has 1 unspecified atom stereocenters. The minimum Gasteiger partial charge on any atom is -0.0761 e. The van der Waals surface area contributed by atoms with Gasteiger partial charge < -0.3 is 0 Å². The van der Waals surface area contributed by atoms with Crippen LogP contribution in [0.25, 0.3) is 60.1 Å². The van der Waals surface area contributed by atoms with Gasteiger partial charge in [-0.25, -0.2) is 0 Å². The summed E-state index contributed by atoms with van der Waals surface area (Å²) in [6.45, 7) is 0. The molecule has 0 fully saturated rings. The molecule has 7 aromatic rings. The lowest BCUT2D eigenvalue weighted by atomic mass is 9.82. The molecule has 0 radical (unpaired) electrons. The van der Waals surface area contributed by atoms with Crippen LogP contribution in [0, 0.1) is 0 Å². The molecular formula is C42H30. The fourth-order valence-corrected chi connectivity index (χ4v) is 6.71. The van der Waals surface area contributed by atoms with Crippen molar-refractivity contribution in [2.24, 2.45) is 0 Å². The topological polar surface area (TPSA) is 0 Å². The van der Waals surface area contributed by atoms with E-state index in [2.05, 4.69) is 164 Å². The second-order valence-electron chi connectivity index (χ2n) is 11.3. The van der Waals surface area contributed by atoms with Crippen LogP contribution in [-0.4, -0.2) is 0 Å². The molecule has 42 heavy (non-hydrogen) atoms. The van der Waals surface area contributed by atoms with Gasteiger partial charge in [-0.15, -0.1) is 0 Å². The third kappa shape index (κ3) is 4.24. The van der Waals surface area contributed by atoms with E-state index in [9.17, 15) is 0 Å². The molecule has 7 aromatic carbocycles. The molecule has 0 aliphatic heterocycles. The molecule has 1 atom stereocenters. The summed E-state index contributed by atoms with van der Waals surface area (Å²) in [5.74, 6) is 0.379. The summed E-state index contributed by atoms with van der Waals surface area (Å²) >= 11 is 0. The molecule has 0 spiro atoms. The van der Waals surface area contributed by atoms with Crippen LogP contribution in [0.5, 0.6) is 0 Å². The Morgan fingerprint density at radius 1 is 0.429 bits per heavy atom. The molecule has 8 rings (SSSR count). The van der Waals surface area contributed by atoms with Crippen molar-refractivity contribution >= 4 is 37.9 Å². The maximum absolute atomic E-state index is 2.45. The van der Waals surface area contributed by atoms with E-state index in [1.165, 1.54) is 71.3 Å². The Hall–Kier alpha value is -5.20. The highest BCUT2D eigenvalue weighted by Crippen LogP contribution is 2.44. The van der Waals surface area contributed by atoms with Crippen LogP contribution >= 0.6 is 0 Å². The summed E-state index contributed by atoms with van der Waals surface area (Å²) in [4.78, 5) is 0. The Bertz CT molecular complexity index is 2150. The average molecular weight is 535 g/mol. The number of hydrogen-bond donors (Lipinski definition) is 0. The summed E-state index contributed by atoms with van der Waals surface area (Å²) in [6, 6.07) is 53.1. The number of rotatable bonds is 4. The van der Waals surface area contributed by atoms with Crippen LogP contribution in [-0.2, 0) is 0 Å². The van der Waals surface area contributed by atoms with Crippen molar-refractivity contribution in [3.05, 3.63) is 175 Å². The largest absolute Gasteiger partial charge is 0.0761 e. The monoisotopic (exact) mass is 534 g/mol. The van der Waals surface area contributed by atoms with Crippen LogP contribution in [0.15, 0.2) is 164 Å². The average Bonchev–Trinajstić information content (AvgIpc) is 3.07. The molecule has 0 amide bonds. The molecule has 0 N–H and O–H groups in total. The first kappa shape index (κ1) is 24.6. The number of fused-ring (bicyclic) bond motifs is 3. The van der Waals surface area contributed by atoms with Crippen LogP contribution in [0.4, 0.5) is 0 Å². The predicted molar refractivity (Wildman–Crippen MR) is 181 cm³/mol. The predicted octanol–water partition coefficient (Wildman–Crippen LogP) is 11.6. The molecule has 0 saturated carbocycles. The van der Waals surface area contributed by atoms with Gasteiger partial charge in [-0.05, 0) is 83.8 Å². The van der Waals surface area contributed by atoms with E-state index in [-0.39, 0.29) is 0 Å². The first-order valence-corrected chi connectivity index (χ1v) is 14.8. The molecule has 0 aromatic heterocycles. The summed E-state index contributed by atoms with van der Waals surface area (Å²) in [6.07, 6.45) is 8.21. The number of benzene rings is 7. The molecule has 0 heteroatoms. The van der Waals surface area contributed by atoms with Gasteiger partial charge in [-0.1, -0.05) is 158 Å². The summed E-state index contributed by atoms with van der Waals surface area (Å²) in [5, 5.41) is 7.79. The van der Waals surface area contributed by atoms with Gasteiger partial charge in [-0.3, -0.25) is 0 Å². The number of hydrogen-bond acceptors (Lipinski definition) is 0. The molecule has 0 nitrogen and oxygen atoms in total. The van der Waals surface area contributed by atoms with E-state index in [1.54, 1.807) is 0 Å². The van der Waals surface area contributed by atoms with Gasteiger partial charge in [0.25, 0.3) is 0 Å². The molecule has 0 heterocycles. The molecular weight excluding hydrogens is 504 g/mol. The van der Waals surface area contributed by atoms with Crippen molar-refractivity contribution in [2.45, 2.75) is 12.3 Å². The van der Waals surface area contributed by atoms with E-state index in [0.717, 1.165) is 6.42 Å². The Labute approximate surface area is 246 Å². The first-order valence-electron chi connectivity index (χ1n) is 14.8. The minimum atomic E-state index is 0.379. The zero-order chi connectivity index (χ0) is 27.9. The minimum absolute atomic E-state index is 0.379. The second kappa shape index (κ2) is 10.3. The summed E-state index contributed by atoms with van der Waals surface area (Å²) in [5.41, 5.74) is 9.04. The van der Waals surface area contributed by atoms with Crippen molar-refractivity contribution in [1.82, 2.24) is 0 Å². The Morgan fingerprint density at radius 2 is 1.07 bits per heavy atom. The van der Waals surface area contributed by atoms with E-state index in [0.29, 0.717) is 5.92 Å². The van der Waals surface area contributed by atoms with E-state index >= 15 is 0 Å². The molecule has 0 saturated heterocycles. The Morgan fingerprint density at radius 3 is 1.81 bits per heavy atom. The SMILES string of the molecule is C1=CC(c2ccc3ccccc3c2)CC=C1c1c2ccccc2c(-c2ccccc2)c2cc(-c3ccccc3)ccc12. The third-order valence-electron chi connectivity index (χ3n) is 8.78. The second-order valence-corrected chi connectivity index (χ2v) is 11.3. The Balaban J connectivity index is 1.31. The summed E-state index contributed by atoms with van der Waals surface area (Å²) in [7, 11) is 0. The molecule has 1 aliphatic carbocycles. The van der Waals surface area contributed by atoms with E-state index < -0.39 is 0 Å². The third-order valence-corrected chi connectivity index (χ3v) is 8.78. The van der Waals surface area contributed by atoms with E-state index in [1.807, 2.05) is 0 Å². The van der Waals surface area contributed by atoms with Crippen LogP contribution in [0.2, 0.25) is 0 Å². The van der Waals surface area contributed by atoms with Gasteiger partial charge in [0.05, 0.1) is 0 Å². The molecule has 1 aliphatic rings. The van der Waals surface area contributed by atoms with Gasteiger partial charge in [-0.2, -0.15) is 0 Å². The zero-order valence-corrected chi connectivity index (χ0v) is 23.4. The van der Waals surface area contributed by atoms with Crippen molar-refractivity contribution < 1.29 is 0 Å². The van der Waals surface area contributed by atoms with Crippen molar-refractivity contribution in [1.29, 1.82) is 0 Å². The molecule has 198 valence electrons. The summed E-state index contributed by atoms with van der Waals surface area (Å²) < 4.78 is 0. The van der Waals surface area contributed by atoms with Gasteiger partial charge in [0, 0.05) is 5.92 Å². The fourth-order valence-electron chi connectivity index (χ4n) is 6.71. The molecule has 0 bridgehead atoms. The fraction of sp³-hybridized carbons (Fsp3) is 0.0476. The standard InChI is InChI=1S/C42H30/c1-3-11-29(12-4-1)36-25-26-39-40(28-36)42(32-14-5-2-6-15-32)38-18-10-9-17-37(38)41(39)33-22-19-31(20-23-33)35-24-21-30-13-7-8-16-34(30)27-35/h1-19,21-28,31H,20H2. The van der Waals surface area contributed by atoms with Crippen LogP contribution in [0.3, 0.4) is 0 Å². The smallest absolute Gasteiger partial charge is 0.00563 e. The van der Waals surface area contributed by atoms with E-state index in [4.69, 9.17) is 0 Å². The maximum Gasteiger partial charge on any atom is 0.00563 e. The normalized spacial score (nSPS) is 14.9. The van der Waals surface area contributed by atoms with Gasteiger partial charge in [0.1, 0.15) is 0 Å². The highest BCUT2D eigenvalue weighted by atomic mass is 14.2. The maximum atomic E-state index is 2.45. The van der Waals surface area contributed by atoms with Crippen LogP contribution in [0.1, 0.15) is 23.5 Å². The van der Waals surface area contributed by atoms with Crippen molar-refractivity contribution in [3.8, 4) is 22.3 Å². The highest BCUT2D eigenvalue weighted by molar-refractivity contribution is 6.20. The quantitative estimate of drug-likeness (QED) is 0.197. The lowest BCUT2D eigenvalue weighted by Crippen LogP contribution is -2.00. The Kier molecular flexibility index (Phi) is 6.04. The highest BCUT2D eigenvalue weighted by Gasteiger charge is 2.20.